The van der Waals surface area contributed by atoms with Crippen molar-refractivity contribution in [1.29, 1.82) is 0 Å². The van der Waals surface area contributed by atoms with E-state index in [1.165, 1.54) is 25.9 Å². The second-order valence-corrected chi connectivity index (χ2v) is 5.40. The zero-order chi connectivity index (χ0) is 12.0. The molecule has 1 fully saturated rings. The van der Waals surface area contributed by atoms with Crippen molar-refractivity contribution in [3.05, 3.63) is 0 Å². The topological polar surface area (TPSA) is 35.5 Å². The summed E-state index contributed by atoms with van der Waals surface area (Å²) in [5.74, 6) is 0.797. The third kappa shape index (κ3) is 5.28. The van der Waals surface area contributed by atoms with Gasteiger partial charge in [-0.15, -0.1) is 0 Å². The number of likely N-dealkylation sites (tertiary alicyclic amines) is 1. The Morgan fingerprint density at radius 3 is 2.81 bits per heavy atom. The van der Waals surface area contributed by atoms with Gasteiger partial charge in [0, 0.05) is 12.6 Å². The molecular weight excluding hydrogens is 200 g/mol. The van der Waals surface area contributed by atoms with Crippen molar-refractivity contribution >= 4 is 0 Å². The van der Waals surface area contributed by atoms with Gasteiger partial charge in [-0.05, 0) is 65.6 Å². The van der Waals surface area contributed by atoms with Crippen LogP contribution in [0.5, 0.6) is 0 Å². The summed E-state index contributed by atoms with van der Waals surface area (Å²) in [6, 6.07) is 0.608. The quantitative estimate of drug-likeness (QED) is 0.676. The standard InChI is InChI=1S/C13H28N2O/c1-11(16)6-4-8-14-12(2)13-7-5-9-15(3)10-13/h11-14,16H,4-10H2,1-3H3. The molecule has 1 heterocycles. The Bertz CT molecular complexity index is 185. The number of aliphatic hydroxyl groups is 1. The summed E-state index contributed by atoms with van der Waals surface area (Å²) in [5, 5.41) is 12.8. The van der Waals surface area contributed by atoms with E-state index >= 15 is 0 Å². The summed E-state index contributed by atoms with van der Waals surface area (Å²) in [4.78, 5) is 2.43. The van der Waals surface area contributed by atoms with Crippen molar-refractivity contribution in [2.24, 2.45) is 5.92 Å². The van der Waals surface area contributed by atoms with Crippen LogP contribution in [0.1, 0.15) is 39.5 Å². The molecule has 0 saturated carbocycles. The number of rotatable bonds is 6. The van der Waals surface area contributed by atoms with Crippen molar-refractivity contribution in [1.82, 2.24) is 10.2 Å². The number of nitrogens with zero attached hydrogens (tertiary/aromatic N) is 1. The minimum atomic E-state index is -0.155. The van der Waals surface area contributed by atoms with Gasteiger partial charge in [-0.1, -0.05) is 0 Å². The highest BCUT2D eigenvalue weighted by atomic mass is 16.3. The molecule has 0 aromatic rings. The van der Waals surface area contributed by atoms with E-state index in [-0.39, 0.29) is 6.10 Å². The summed E-state index contributed by atoms with van der Waals surface area (Å²) in [7, 11) is 2.21. The summed E-state index contributed by atoms with van der Waals surface area (Å²) in [5.41, 5.74) is 0. The van der Waals surface area contributed by atoms with E-state index in [2.05, 4.69) is 24.2 Å². The van der Waals surface area contributed by atoms with Crippen molar-refractivity contribution < 1.29 is 5.11 Å². The molecule has 3 atom stereocenters. The van der Waals surface area contributed by atoms with Gasteiger partial charge < -0.3 is 15.3 Å². The van der Waals surface area contributed by atoms with Gasteiger partial charge in [0.1, 0.15) is 0 Å². The Labute approximate surface area is 100 Å². The predicted octanol–water partition coefficient (Wildman–Crippen LogP) is 1.47. The van der Waals surface area contributed by atoms with E-state index in [4.69, 9.17) is 5.11 Å². The van der Waals surface area contributed by atoms with Crippen molar-refractivity contribution in [2.45, 2.75) is 51.7 Å². The second-order valence-electron chi connectivity index (χ2n) is 5.40. The van der Waals surface area contributed by atoms with Crippen LogP contribution in [0.4, 0.5) is 0 Å². The molecule has 3 unspecified atom stereocenters. The minimum Gasteiger partial charge on any atom is -0.393 e. The zero-order valence-corrected chi connectivity index (χ0v) is 11.1. The fourth-order valence-electron chi connectivity index (χ4n) is 2.51. The molecule has 0 aromatic carbocycles. The van der Waals surface area contributed by atoms with E-state index in [0.717, 1.165) is 25.3 Å². The first-order valence-electron chi connectivity index (χ1n) is 6.69. The maximum atomic E-state index is 9.17. The van der Waals surface area contributed by atoms with Crippen LogP contribution in [-0.4, -0.2) is 48.8 Å². The summed E-state index contributed by atoms with van der Waals surface area (Å²) in [6.45, 7) is 7.67. The highest BCUT2D eigenvalue weighted by molar-refractivity contribution is 4.78. The van der Waals surface area contributed by atoms with E-state index in [1.807, 2.05) is 6.92 Å². The van der Waals surface area contributed by atoms with Crippen LogP contribution in [0.15, 0.2) is 0 Å². The molecule has 1 saturated heterocycles. The number of hydrogen-bond acceptors (Lipinski definition) is 3. The van der Waals surface area contributed by atoms with Gasteiger partial charge in [-0.3, -0.25) is 0 Å². The van der Waals surface area contributed by atoms with Gasteiger partial charge in [0.2, 0.25) is 0 Å². The van der Waals surface area contributed by atoms with Crippen LogP contribution >= 0.6 is 0 Å². The summed E-state index contributed by atoms with van der Waals surface area (Å²) >= 11 is 0. The lowest BCUT2D eigenvalue weighted by Crippen LogP contribution is -2.43. The fourth-order valence-corrected chi connectivity index (χ4v) is 2.51. The molecule has 0 aliphatic carbocycles. The molecule has 0 spiro atoms. The lowest BCUT2D eigenvalue weighted by molar-refractivity contribution is 0.170. The molecule has 0 amide bonds. The van der Waals surface area contributed by atoms with E-state index < -0.39 is 0 Å². The molecule has 0 radical (unpaired) electrons. The molecular formula is C13H28N2O. The van der Waals surface area contributed by atoms with Crippen LogP contribution in [0.2, 0.25) is 0 Å². The largest absolute Gasteiger partial charge is 0.393 e. The molecule has 16 heavy (non-hydrogen) atoms. The predicted molar refractivity (Wildman–Crippen MR) is 68.6 cm³/mol. The highest BCUT2D eigenvalue weighted by Gasteiger charge is 2.21. The molecule has 0 aromatic heterocycles. The van der Waals surface area contributed by atoms with Crippen LogP contribution in [0.25, 0.3) is 0 Å². The van der Waals surface area contributed by atoms with Crippen molar-refractivity contribution in [2.75, 3.05) is 26.7 Å². The average Bonchev–Trinajstić information content (AvgIpc) is 2.24. The monoisotopic (exact) mass is 228 g/mol. The first-order valence-corrected chi connectivity index (χ1v) is 6.69. The van der Waals surface area contributed by atoms with Gasteiger partial charge >= 0.3 is 0 Å². The van der Waals surface area contributed by atoms with Crippen LogP contribution in [0, 0.1) is 5.92 Å². The first kappa shape index (κ1) is 13.9. The maximum absolute atomic E-state index is 9.17. The Kier molecular flexibility index (Phi) is 6.32. The number of aliphatic hydroxyl groups excluding tert-OH is 1. The smallest absolute Gasteiger partial charge is 0.0512 e. The molecule has 3 heteroatoms. The molecule has 96 valence electrons. The lowest BCUT2D eigenvalue weighted by Gasteiger charge is -2.34. The molecule has 1 aliphatic heterocycles. The summed E-state index contributed by atoms with van der Waals surface area (Å²) < 4.78 is 0. The van der Waals surface area contributed by atoms with Gasteiger partial charge in [0.15, 0.2) is 0 Å². The SMILES string of the molecule is CC(O)CCCNC(C)C1CCCN(C)C1. The minimum absolute atomic E-state index is 0.155. The van der Waals surface area contributed by atoms with Crippen LogP contribution in [0.3, 0.4) is 0 Å². The van der Waals surface area contributed by atoms with Crippen molar-refractivity contribution in [3.63, 3.8) is 0 Å². The van der Waals surface area contributed by atoms with Gasteiger partial charge in [-0.25, -0.2) is 0 Å². The number of hydrogen-bond donors (Lipinski definition) is 2. The molecule has 1 rings (SSSR count). The molecule has 2 N–H and O–H groups in total. The van der Waals surface area contributed by atoms with Gasteiger partial charge in [0.05, 0.1) is 6.10 Å². The Morgan fingerprint density at radius 2 is 2.19 bits per heavy atom. The van der Waals surface area contributed by atoms with Gasteiger partial charge in [0.25, 0.3) is 0 Å². The second kappa shape index (κ2) is 7.25. The molecule has 1 aliphatic rings. The van der Waals surface area contributed by atoms with E-state index in [9.17, 15) is 0 Å². The fraction of sp³-hybridized carbons (Fsp3) is 1.00. The van der Waals surface area contributed by atoms with Crippen LogP contribution < -0.4 is 5.32 Å². The zero-order valence-electron chi connectivity index (χ0n) is 11.1. The Balaban J connectivity index is 2.11. The van der Waals surface area contributed by atoms with Gasteiger partial charge in [-0.2, -0.15) is 0 Å². The lowest BCUT2D eigenvalue weighted by atomic mass is 9.92. The molecule has 3 nitrogen and oxygen atoms in total. The first-order chi connectivity index (χ1) is 7.59. The Morgan fingerprint density at radius 1 is 1.44 bits per heavy atom. The third-order valence-electron chi connectivity index (χ3n) is 3.63. The summed E-state index contributed by atoms with van der Waals surface area (Å²) in [6.07, 6.45) is 4.52. The number of nitrogens with one attached hydrogen (secondary N) is 1. The average molecular weight is 228 g/mol. The Hall–Kier alpha value is -0.120. The third-order valence-corrected chi connectivity index (χ3v) is 3.63. The number of piperidine rings is 1. The normalized spacial score (nSPS) is 26.6. The van der Waals surface area contributed by atoms with Crippen molar-refractivity contribution in [3.8, 4) is 0 Å². The highest BCUT2D eigenvalue weighted by Crippen LogP contribution is 2.18. The molecule has 0 bridgehead atoms. The van der Waals surface area contributed by atoms with Crippen LogP contribution in [-0.2, 0) is 0 Å². The maximum Gasteiger partial charge on any atom is 0.0512 e. The van der Waals surface area contributed by atoms with E-state index in [1.54, 1.807) is 0 Å². The van der Waals surface area contributed by atoms with E-state index in [0.29, 0.717) is 6.04 Å².